The maximum Gasteiger partial charge on any atom is 0.350 e. The zero-order valence-electron chi connectivity index (χ0n) is 8.55. The van der Waals surface area contributed by atoms with Gasteiger partial charge in [-0.15, -0.1) is 5.10 Å². The Morgan fingerprint density at radius 2 is 2.47 bits per heavy atom. The van der Waals surface area contributed by atoms with Crippen LogP contribution in [0.2, 0.25) is 0 Å². The van der Waals surface area contributed by atoms with E-state index in [1.165, 1.54) is 10.9 Å². The standard InChI is InChI=1S/C8H14N4O3/c1-2-15-8-7(12(13)14)6-11(10-8)5-3-4-9/h6H,2-5,9H2,1H3. The SMILES string of the molecule is CCOc1nn(CCCN)cc1[N+](=O)[O-]. The first-order valence-electron chi connectivity index (χ1n) is 4.73. The van der Waals surface area contributed by atoms with Gasteiger partial charge in [0.15, 0.2) is 0 Å². The zero-order valence-corrected chi connectivity index (χ0v) is 8.55. The number of aryl methyl sites for hydroxylation is 1. The molecule has 0 aliphatic carbocycles. The summed E-state index contributed by atoms with van der Waals surface area (Å²) in [5, 5.41) is 14.6. The van der Waals surface area contributed by atoms with Crippen LogP contribution in [0.25, 0.3) is 0 Å². The first-order chi connectivity index (χ1) is 7.19. The molecule has 15 heavy (non-hydrogen) atoms. The van der Waals surface area contributed by atoms with Gasteiger partial charge < -0.3 is 10.5 Å². The molecule has 1 aromatic heterocycles. The zero-order chi connectivity index (χ0) is 11.3. The molecule has 0 radical (unpaired) electrons. The monoisotopic (exact) mass is 214 g/mol. The Bertz CT molecular complexity index is 337. The summed E-state index contributed by atoms with van der Waals surface area (Å²) in [6.07, 6.45) is 2.09. The highest BCUT2D eigenvalue weighted by Crippen LogP contribution is 2.24. The van der Waals surface area contributed by atoms with Crippen LogP contribution in [0.3, 0.4) is 0 Å². The average Bonchev–Trinajstić information content (AvgIpc) is 2.59. The summed E-state index contributed by atoms with van der Waals surface area (Å²) >= 11 is 0. The van der Waals surface area contributed by atoms with Gasteiger partial charge in [-0.05, 0) is 19.9 Å². The summed E-state index contributed by atoms with van der Waals surface area (Å²) in [6, 6.07) is 0. The normalized spacial score (nSPS) is 10.3. The van der Waals surface area contributed by atoms with Crippen LogP contribution < -0.4 is 10.5 Å². The molecule has 0 unspecified atom stereocenters. The summed E-state index contributed by atoms with van der Waals surface area (Å²) in [5.41, 5.74) is 5.23. The van der Waals surface area contributed by atoms with E-state index in [2.05, 4.69) is 5.10 Å². The van der Waals surface area contributed by atoms with Crippen LogP contribution in [0.1, 0.15) is 13.3 Å². The van der Waals surface area contributed by atoms with Gasteiger partial charge in [0.25, 0.3) is 0 Å². The lowest BCUT2D eigenvalue weighted by atomic mass is 10.4. The molecule has 0 aliphatic rings. The van der Waals surface area contributed by atoms with Crippen LogP contribution in [0.5, 0.6) is 5.88 Å². The maximum atomic E-state index is 10.6. The lowest BCUT2D eigenvalue weighted by molar-refractivity contribution is -0.385. The Hall–Kier alpha value is -1.63. The molecule has 0 amide bonds. The van der Waals surface area contributed by atoms with E-state index in [9.17, 15) is 10.1 Å². The topological polar surface area (TPSA) is 96.2 Å². The molecule has 1 heterocycles. The van der Waals surface area contributed by atoms with Crippen LogP contribution in [0.4, 0.5) is 5.69 Å². The summed E-state index contributed by atoms with van der Waals surface area (Å²) in [4.78, 5) is 10.1. The highest BCUT2D eigenvalue weighted by molar-refractivity contribution is 5.38. The van der Waals surface area contributed by atoms with Crippen LogP contribution in [-0.2, 0) is 6.54 Å². The molecule has 0 atom stereocenters. The van der Waals surface area contributed by atoms with Gasteiger partial charge in [0.05, 0.1) is 11.5 Å². The third kappa shape index (κ3) is 2.91. The summed E-state index contributed by atoms with van der Waals surface area (Å²) in [6.45, 7) is 3.19. The Morgan fingerprint density at radius 3 is 3.00 bits per heavy atom. The van der Waals surface area contributed by atoms with E-state index in [1.54, 1.807) is 6.92 Å². The molecule has 0 spiro atoms. The third-order valence-corrected chi connectivity index (χ3v) is 1.78. The van der Waals surface area contributed by atoms with E-state index >= 15 is 0 Å². The minimum atomic E-state index is -0.503. The molecular weight excluding hydrogens is 200 g/mol. The van der Waals surface area contributed by atoms with Gasteiger partial charge in [-0.3, -0.25) is 14.8 Å². The van der Waals surface area contributed by atoms with Gasteiger partial charge in [0.2, 0.25) is 0 Å². The predicted molar refractivity (Wildman–Crippen MR) is 53.7 cm³/mol. The van der Waals surface area contributed by atoms with Crippen molar-refractivity contribution in [1.82, 2.24) is 9.78 Å². The van der Waals surface area contributed by atoms with Crippen molar-refractivity contribution in [3.05, 3.63) is 16.3 Å². The second kappa shape index (κ2) is 5.30. The average molecular weight is 214 g/mol. The van der Waals surface area contributed by atoms with Crippen molar-refractivity contribution in [2.24, 2.45) is 5.73 Å². The van der Waals surface area contributed by atoms with Crippen molar-refractivity contribution in [2.45, 2.75) is 19.9 Å². The molecule has 7 heteroatoms. The first-order valence-corrected chi connectivity index (χ1v) is 4.73. The van der Waals surface area contributed by atoms with Gasteiger partial charge in [-0.2, -0.15) is 0 Å². The molecule has 1 rings (SSSR count). The lowest BCUT2D eigenvalue weighted by Crippen LogP contribution is -2.06. The van der Waals surface area contributed by atoms with Crippen molar-refractivity contribution in [1.29, 1.82) is 0 Å². The predicted octanol–water partition coefficient (Wildman–Crippen LogP) is 0.539. The molecule has 0 bridgehead atoms. The fraction of sp³-hybridized carbons (Fsp3) is 0.625. The number of aromatic nitrogens is 2. The number of nitrogens with zero attached hydrogens (tertiary/aromatic N) is 3. The summed E-state index contributed by atoms with van der Waals surface area (Å²) < 4.78 is 6.54. The Balaban J connectivity index is 2.83. The summed E-state index contributed by atoms with van der Waals surface area (Å²) in [5.74, 6) is 0.0690. The van der Waals surface area contributed by atoms with Crippen LogP contribution in [-0.4, -0.2) is 27.9 Å². The Morgan fingerprint density at radius 1 is 1.73 bits per heavy atom. The largest absolute Gasteiger partial charge is 0.472 e. The summed E-state index contributed by atoms with van der Waals surface area (Å²) in [7, 11) is 0. The van der Waals surface area contributed by atoms with Crippen molar-refractivity contribution >= 4 is 5.69 Å². The Labute approximate surface area is 87.0 Å². The van der Waals surface area contributed by atoms with E-state index in [0.717, 1.165) is 6.42 Å². The molecule has 0 saturated carbocycles. The Kier molecular flexibility index (Phi) is 4.04. The van der Waals surface area contributed by atoms with Gasteiger partial charge >= 0.3 is 11.6 Å². The van der Waals surface area contributed by atoms with Gasteiger partial charge in [-0.1, -0.05) is 0 Å². The molecule has 0 aliphatic heterocycles. The fourth-order valence-corrected chi connectivity index (χ4v) is 1.13. The van der Waals surface area contributed by atoms with E-state index in [0.29, 0.717) is 19.7 Å². The molecule has 7 nitrogen and oxygen atoms in total. The van der Waals surface area contributed by atoms with Crippen LogP contribution >= 0.6 is 0 Å². The highest BCUT2D eigenvalue weighted by atomic mass is 16.6. The number of ether oxygens (including phenoxy) is 1. The molecular formula is C8H14N4O3. The number of rotatable bonds is 6. The van der Waals surface area contributed by atoms with Crippen molar-refractivity contribution in [3.8, 4) is 5.88 Å². The van der Waals surface area contributed by atoms with E-state index in [4.69, 9.17) is 10.5 Å². The minimum absolute atomic E-state index is 0.0690. The second-order valence-corrected chi connectivity index (χ2v) is 2.91. The maximum absolute atomic E-state index is 10.6. The second-order valence-electron chi connectivity index (χ2n) is 2.91. The molecule has 1 aromatic rings. The van der Waals surface area contributed by atoms with Gasteiger partial charge in [-0.25, -0.2) is 0 Å². The number of nitro groups is 1. The number of hydrogen-bond donors (Lipinski definition) is 1. The molecule has 0 saturated heterocycles. The first kappa shape index (κ1) is 11.4. The smallest absolute Gasteiger partial charge is 0.350 e. The van der Waals surface area contributed by atoms with Crippen molar-refractivity contribution in [3.63, 3.8) is 0 Å². The van der Waals surface area contributed by atoms with Crippen molar-refractivity contribution < 1.29 is 9.66 Å². The number of nitrogens with two attached hydrogens (primary N) is 1. The molecule has 0 fully saturated rings. The minimum Gasteiger partial charge on any atom is -0.472 e. The van der Waals surface area contributed by atoms with E-state index in [-0.39, 0.29) is 11.6 Å². The third-order valence-electron chi connectivity index (χ3n) is 1.78. The van der Waals surface area contributed by atoms with E-state index in [1.807, 2.05) is 0 Å². The van der Waals surface area contributed by atoms with Crippen LogP contribution in [0, 0.1) is 10.1 Å². The quantitative estimate of drug-likeness (QED) is 0.550. The molecule has 2 N–H and O–H groups in total. The number of hydrogen-bond acceptors (Lipinski definition) is 5. The highest BCUT2D eigenvalue weighted by Gasteiger charge is 2.20. The van der Waals surface area contributed by atoms with E-state index < -0.39 is 4.92 Å². The van der Waals surface area contributed by atoms with Gasteiger partial charge in [0.1, 0.15) is 6.20 Å². The van der Waals surface area contributed by atoms with Gasteiger partial charge in [0, 0.05) is 6.54 Å². The van der Waals surface area contributed by atoms with Crippen LogP contribution in [0.15, 0.2) is 6.20 Å². The fourth-order valence-electron chi connectivity index (χ4n) is 1.13. The lowest BCUT2D eigenvalue weighted by Gasteiger charge is -1.97. The molecule has 84 valence electrons. The molecule has 0 aromatic carbocycles. The van der Waals surface area contributed by atoms with Crippen molar-refractivity contribution in [2.75, 3.05) is 13.2 Å².